The second-order valence-corrected chi connectivity index (χ2v) is 4.09. The molecule has 0 spiro atoms. The fourth-order valence-electron chi connectivity index (χ4n) is 1.93. The zero-order valence-corrected chi connectivity index (χ0v) is 9.82. The lowest BCUT2D eigenvalue weighted by Gasteiger charge is -2.00. The average molecular weight is 239 g/mol. The third kappa shape index (κ3) is 1.98. The van der Waals surface area contributed by atoms with Crippen LogP contribution in [0.1, 0.15) is 5.69 Å². The summed E-state index contributed by atoms with van der Waals surface area (Å²) in [7, 11) is 0. The zero-order chi connectivity index (χ0) is 12.4. The van der Waals surface area contributed by atoms with Gasteiger partial charge in [0, 0.05) is 18.6 Å². The minimum absolute atomic E-state index is 0.107. The van der Waals surface area contributed by atoms with Gasteiger partial charge in [-0.05, 0) is 12.1 Å². The summed E-state index contributed by atoms with van der Waals surface area (Å²) in [6.45, 7) is 0.107. The Bertz CT molecular complexity index is 661. The van der Waals surface area contributed by atoms with Crippen LogP contribution in [0, 0.1) is 0 Å². The molecule has 3 rings (SSSR count). The Morgan fingerprint density at radius 2 is 1.89 bits per heavy atom. The molecule has 0 aliphatic rings. The first kappa shape index (κ1) is 10.9. The lowest BCUT2D eigenvalue weighted by Crippen LogP contribution is -1.92. The second kappa shape index (κ2) is 4.58. The molecule has 0 unspecified atom stereocenters. The van der Waals surface area contributed by atoms with Gasteiger partial charge < -0.3 is 5.11 Å². The number of aliphatic hydroxyl groups is 1. The summed E-state index contributed by atoms with van der Waals surface area (Å²) in [4.78, 5) is 4.38. The molecule has 3 aromatic rings. The molecular weight excluding hydrogens is 226 g/mol. The molecule has 0 bridgehead atoms. The van der Waals surface area contributed by atoms with Crippen molar-refractivity contribution in [3.63, 3.8) is 0 Å². The molecule has 18 heavy (non-hydrogen) atoms. The van der Waals surface area contributed by atoms with Crippen LogP contribution in [0.25, 0.3) is 16.9 Å². The van der Waals surface area contributed by atoms with Crippen LogP contribution < -0.4 is 0 Å². The molecule has 2 heterocycles. The molecule has 0 amide bonds. The highest BCUT2D eigenvalue weighted by molar-refractivity contribution is 5.60. The van der Waals surface area contributed by atoms with Crippen LogP contribution in [0.4, 0.5) is 0 Å². The Morgan fingerprint density at radius 1 is 1.06 bits per heavy atom. The van der Waals surface area contributed by atoms with Crippen molar-refractivity contribution < 1.29 is 5.11 Å². The van der Waals surface area contributed by atoms with Gasteiger partial charge in [-0.3, -0.25) is 0 Å². The standard InChI is InChI=1S/C14H13N3O/c18-9-8-12-10-17-14(15-12)7-6-13(16-17)11-4-2-1-3-5-11/h1-7,10,18H,8-9H2. The summed E-state index contributed by atoms with van der Waals surface area (Å²) < 4.78 is 1.76. The van der Waals surface area contributed by atoms with E-state index in [1.807, 2.05) is 48.7 Å². The number of fused-ring (bicyclic) bond motifs is 1. The molecule has 4 nitrogen and oxygen atoms in total. The quantitative estimate of drug-likeness (QED) is 0.759. The van der Waals surface area contributed by atoms with Gasteiger partial charge in [0.25, 0.3) is 0 Å². The van der Waals surface area contributed by atoms with E-state index in [0.717, 1.165) is 22.6 Å². The van der Waals surface area contributed by atoms with Gasteiger partial charge in [0.1, 0.15) is 0 Å². The smallest absolute Gasteiger partial charge is 0.153 e. The Labute approximate surface area is 105 Å². The number of hydrogen-bond acceptors (Lipinski definition) is 3. The largest absolute Gasteiger partial charge is 0.396 e. The van der Waals surface area contributed by atoms with E-state index in [4.69, 9.17) is 5.11 Å². The molecule has 1 N–H and O–H groups in total. The molecule has 90 valence electrons. The fourth-order valence-corrected chi connectivity index (χ4v) is 1.93. The van der Waals surface area contributed by atoms with Gasteiger partial charge in [-0.2, -0.15) is 5.10 Å². The SMILES string of the molecule is OCCc1cn2nc(-c3ccccc3)ccc2n1. The van der Waals surface area contributed by atoms with Gasteiger partial charge in [0.15, 0.2) is 5.65 Å². The molecular formula is C14H13N3O. The number of nitrogens with zero attached hydrogens (tertiary/aromatic N) is 3. The Hall–Kier alpha value is -2.20. The minimum Gasteiger partial charge on any atom is -0.396 e. The highest BCUT2D eigenvalue weighted by atomic mass is 16.3. The van der Waals surface area contributed by atoms with Gasteiger partial charge in [0.05, 0.1) is 17.6 Å². The zero-order valence-electron chi connectivity index (χ0n) is 9.82. The molecule has 4 heteroatoms. The lowest BCUT2D eigenvalue weighted by molar-refractivity contribution is 0.298. The van der Waals surface area contributed by atoms with E-state index >= 15 is 0 Å². The van der Waals surface area contributed by atoms with E-state index in [1.54, 1.807) is 4.52 Å². The molecule has 0 aliphatic carbocycles. The van der Waals surface area contributed by atoms with Crippen molar-refractivity contribution in [2.75, 3.05) is 6.61 Å². The Morgan fingerprint density at radius 3 is 2.67 bits per heavy atom. The van der Waals surface area contributed by atoms with E-state index < -0.39 is 0 Å². The lowest BCUT2D eigenvalue weighted by atomic mass is 10.1. The normalized spacial score (nSPS) is 10.9. The van der Waals surface area contributed by atoms with Crippen LogP contribution in [0.5, 0.6) is 0 Å². The van der Waals surface area contributed by atoms with Crippen LogP contribution in [-0.2, 0) is 6.42 Å². The fraction of sp³-hybridized carbons (Fsp3) is 0.143. The first-order valence-electron chi connectivity index (χ1n) is 5.88. The highest BCUT2D eigenvalue weighted by Gasteiger charge is 2.04. The van der Waals surface area contributed by atoms with E-state index in [0.29, 0.717) is 6.42 Å². The second-order valence-electron chi connectivity index (χ2n) is 4.09. The van der Waals surface area contributed by atoms with Gasteiger partial charge in [-0.15, -0.1) is 0 Å². The van der Waals surface area contributed by atoms with Crippen molar-refractivity contribution in [1.82, 2.24) is 14.6 Å². The number of benzene rings is 1. The van der Waals surface area contributed by atoms with E-state index in [9.17, 15) is 0 Å². The van der Waals surface area contributed by atoms with Crippen molar-refractivity contribution in [3.05, 3.63) is 54.4 Å². The maximum Gasteiger partial charge on any atom is 0.153 e. The first-order chi connectivity index (χ1) is 8.86. The Balaban J connectivity index is 2.05. The molecule has 0 aliphatic heterocycles. The number of aliphatic hydroxyl groups excluding tert-OH is 1. The van der Waals surface area contributed by atoms with Crippen LogP contribution >= 0.6 is 0 Å². The van der Waals surface area contributed by atoms with Crippen molar-refractivity contribution in [2.45, 2.75) is 6.42 Å². The monoisotopic (exact) mass is 239 g/mol. The van der Waals surface area contributed by atoms with Crippen molar-refractivity contribution in [3.8, 4) is 11.3 Å². The third-order valence-electron chi connectivity index (χ3n) is 2.81. The van der Waals surface area contributed by atoms with E-state index in [-0.39, 0.29) is 6.61 Å². The first-order valence-corrected chi connectivity index (χ1v) is 5.88. The van der Waals surface area contributed by atoms with Crippen LogP contribution in [0.3, 0.4) is 0 Å². The predicted molar refractivity (Wildman–Crippen MR) is 69.2 cm³/mol. The van der Waals surface area contributed by atoms with Crippen molar-refractivity contribution in [1.29, 1.82) is 0 Å². The molecule has 2 aromatic heterocycles. The molecule has 0 atom stereocenters. The molecule has 0 saturated carbocycles. The summed E-state index contributed by atoms with van der Waals surface area (Å²) in [6, 6.07) is 13.9. The van der Waals surface area contributed by atoms with Crippen LogP contribution in [0.15, 0.2) is 48.7 Å². The summed E-state index contributed by atoms with van der Waals surface area (Å²) in [5.74, 6) is 0. The van der Waals surface area contributed by atoms with Crippen molar-refractivity contribution >= 4 is 5.65 Å². The molecule has 0 radical (unpaired) electrons. The average Bonchev–Trinajstić information content (AvgIpc) is 2.81. The number of imidazole rings is 1. The molecule has 0 fully saturated rings. The number of rotatable bonds is 3. The number of aromatic nitrogens is 3. The van der Waals surface area contributed by atoms with Crippen LogP contribution in [0.2, 0.25) is 0 Å². The van der Waals surface area contributed by atoms with E-state index in [1.165, 1.54) is 0 Å². The summed E-state index contributed by atoms with van der Waals surface area (Å²) in [5.41, 5.74) is 3.65. The summed E-state index contributed by atoms with van der Waals surface area (Å²) in [5, 5.41) is 13.4. The Kier molecular flexibility index (Phi) is 2.78. The third-order valence-corrected chi connectivity index (χ3v) is 2.81. The summed E-state index contributed by atoms with van der Waals surface area (Å²) >= 11 is 0. The van der Waals surface area contributed by atoms with Crippen molar-refractivity contribution in [2.24, 2.45) is 0 Å². The molecule has 1 aromatic carbocycles. The van der Waals surface area contributed by atoms with E-state index in [2.05, 4.69) is 10.1 Å². The molecule has 0 saturated heterocycles. The number of hydrogen-bond donors (Lipinski definition) is 1. The topological polar surface area (TPSA) is 50.4 Å². The minimum atomic E-state index is 0.107. The van der Waals surface area contributed by atoms with Gasteiger partial charge in [-0.1, -0.05) is 30.3 Å². The highest BCUT2D eigenvalue weighted by Crippen LogP contribution is 2.16. The maximum absolute atomic E-state index is 8.91. The summed E-state index contributed by atoms with van der Waals surface area (Å²) in [6.07, 6.45) is 2.42. The maximum atomic E-state index is 8.91. The van der Waals surface area contributed by atoms with Gasteiger partial charge >= 0.3 is 0 Å². The van der Waals surface area contributed by atoms with Crippen LogP contribution in [-0.4, -0.2) is 26.3 Å². The van der Waals surface area contributed by atoms with Gasteiger partial charge in [0.2, 0.25) is 0 Å². The van der Waals surface area contributed by atoms with Gasteiger partial charge in [-0.25, -0.2) is 9.50 Å². The predicted octanol–water partition coefficient (Wildman–Crippen LogP) is 1.93.